The van der Waals surface area contributed by atoms with Crippen LogP contribution in [0.2, 0.25) is 0 Å². The lowest BCUT2D eigenvalue weighted by atomic mass is 9.90. The van der Waals surface area contributed by atoms with E-state index in [2.05, 4.69) is 12.2 Å². The first kappa shape index (κ1) is 27.8. The first-order chi connectivity index (χ1) is 18.2. The molecule has 8 heteroatoms. The zero-order valence-corrected chi connectivity index (χ0v) is 21.9. The molecule has 0 radical (unpaired) electrons. The van der Waals surface area contributed by atoms with E-state index in [4.69, 9.17) is 9.47 Å². The molecule has 1 fully saturated rings. The van der Waals surface area contributed by atoms with Gasteiger partial charge < -0.3 is 35.0 Å². The molecule has 1 saturated heterocycles. The van der Waals surface area contributed by atoms with Crippen LogP contribution in [0.4, 0.5) is 5.69 Å². The van der Waals surface area contributed by atoms with Crippen molar-refractivity contribution >= 4 is 11.6 Å². The van der Waals surface area contributed by atoms with Crippen molar-refractivity contribution < 1.29 is 29.6 Å². The Bertz CT molecular complexity index is 1220. The molecule has 1 aliphatic heterocycles. The van der Waals surface area contributed by atoms with Gasteiger partial charge in [0.25, 0.3) is 0 Å². The number of ether oxygens (including phenoxy) is 2. The lowest BCUT2D eigenvalue weighted by Crippen LogP contribution is -2.44. The highest BCUT2D eigenvalue weighted by atomic mass is 16.7. The van der Waals surface area contributed by atoms with Gasteiger partial charge in [-0.05, 0) is 48.0 Å². The van der Waals surface area contributed by atoms with Gasteiger partial charge >= 0.3 is 0 Å². The molecule has 0 saturated carbocycles. The molecule has 1 amide bonds. The number of aliphatic hydroxyl groups is 2. The van der Waals surface area contributed by atoms with E-state index >= 15 is 0 Å². The number of phenols is 1. The monoisotopic (exact) mass is 520 g/mol. The van der Waals surface area contributed by atoms with E-state index in [1.165, 1.54) is 6.92 Å². The zero-order chi connectivity index (χ0) is 27.2. The van der Waals surface area contributed by atoms with Crippen LogP contribution >= 0.6 is 0 Å². The summed E-state index contributed by atoms with van der Waals surface area (Å²) in [5, 5.41) is 32.8. The van der Waals surface area contributed by atoms with Crippen molar-refractivity contribution in [3.05, 3.63) is 95.1 Å². The fourth-order valence-electron chi connectivity index (χ4n) is 4.81. The molecule has 8 nitrogen and oxygen atoms in total. The number of aliphatic hydroxyl groups excluding tert-OH is 2. The van der Waals surface area contributed by atoms with Crippen LogP contribution < -0.4 is 5.32 Å². The third-order valence-corrected chi connectivity index (χ3v) is 6.83. The zero-order valence-electron chi connectivity index (χ0n) is 21.9. The number of carbonyl (C=O) groups excluding carboxylic acids is 1. The molecule has 0 bridgehead atoms. The van der Waals surface area contributed by atoms with E-state index in [9.17, 15) is 20.1 Å². The third kappa shape index (κ3) is 6.98. The van der Waals surface area contributed by atoms with Crippen LogP contribution in [-0.4, -0.2) is 52.4 Å². The molecule has 38 heavy (non-hydrogen) atoms. The summed E-state index contributed by atoms with van der Waals surface area (Å²) in [5.74, 6) is -0.0667. The van der Waals surface area contributed by atoms with Crippen molar-refractivity contribution in [2.24, 2.45) is 5.92 Å². The predicted molar refractivity (Wildman–Crippen MR) is 144 cm³/mol. The SMILES string of the molecule is CC(=O)Nc1cccc([C@@H]2O[C@H](CN(C)C[C@@H](O)c3cccc(O)c3)[C@H](C)[C@H](c3ccc(CO)cc3)O2)c1. The fraction of sp³-hybridized carbons (Fsp3) is 0.367. The van der Waals surface area contributed by atoms with Gasteiger partial charge in [-0.1, -0.05) is 55.5 Å². The quantitative estimate of drug-likeness (QED) is 0.333. The van der Waals surface area contributed by atoms with Crippen LogP contribution in [0.25, 0.3) is 0 Å². The van der Waals surface area contributed by atoms with E-state index in [1.54, 1.807) is 24.3 Å². The second-order valence-corrected chi connectivity index (χ2v) is 9.96. The van der Waals surface area contributed by atoms with Crippen LogP contribution in [-0.2, 0) is 20.9 Å². The van der Waals surface area contributed by atoms with Crippen molar-refractivity contribution in [3.63, 3.8) is 0 Å². The van der Waals surface area contributed by atoms with Gasteiger partial charge in [0, 0.05) is 37.2 Å². The minimum absolute atomic E-state index is 0.0230. The van der Waals surface area contributed by atoms with Crippen LogP contribution in [0.3, 0.4) is 0 Å². The summed E-state index contributed by atoms with van der Waals surface area (Å²) in [4.78, 5) is 13.6. The molecule has 202 valence electrons. The summed E-state index contributed by atoms with van der Waals surface area (Å²) in [6.45, 7) is 4.41. The highest BCUT2D eigenvalue weighted by molar-refractivity contribution is 5.88. The normalized spacial score (nSPS) is 22.3. The molecule has 4 N–H and O–H groups in total. The number of benzene rings is 3. The summed E-state index contributed by atoms with van der Waals surface area (Å²) in [7, 11) is 1.93. The maximum Gasteiger partial charge on any atom is 0.221 e. The average Bonchev–Trinajstić information content (AvgIpc) is 2.89. The number of likely N-dealkylation sites (N-methyl/N-ethyl adjacent to an activating group) is 1. The molecular formula is C30H36N2O6. The molecule has 1 heterocycles. The number of nitrogens with zero attached hydrogens (tertiary/aromatic N) is 1. The van der Waals surface area contributed by atoms with Crippen molar-refractivity contribution in [3.8, 4) is 5.75 Å². The van der Waals surface area contributed by atoms with Crippen molar-refractivity contribution in [1.29, 1.82) is 0 Å². The number of carbonyl (C=O) groups is 1. The van der Waals surface area contributed by atoms with Crippen molar-refractivity contribution in [2.45, 2.75) is 45.1 Å². The lowest BCUT2D eigenvalue weighted by molar-refractivity contribution is -0.276. The molecule has 0 unspecified atom stereocenters. The minimum Gasteiger partial charge on any atom is -0.508 e. The largest absolute Gasteiger partial charge is 0.508 e. The van der Waals surface area contributed by atoms with E-state index in [0.717, 1.165) is 16.7 Å². The Morgan fingerprint density at radius 3 is 2.45 bits per heavy atom. The predicted octanol–water partition coefficient (Wildman–Crippen LogP) is 4.30. The number of hydrogen-bond acceptors (Lipinski definition) is 7. The number of aromatic hydroxyl groups is 1. The van der Waals surface area contributed by atoms with Gasteiger partial charge in [-0.25, -0.2) is 0 Å². The van der Waals surface area contributed by atoms with Crippen LogP contribution in [0.1, 0.15) is 54.6 Å². The first-order valence-electron chi connectivity index (χ1n) is 12.8. The number of hydrogen-bond donors (Lipinski definition) is 4. The number of amides is 1. The average molecular weight is 521 g/mol. The number of phenolic OH excluding ortho intramolecular Hbond substituents is 1. The maximum atomic E-state index is 11.6. The molecule has 5 atom stereocenters. The summed E-state index contributed by atoms with van der Waals surface area (Å²) in [5.41, 5.74) is 3.89. The smallest absolute Gasteiger partial charge is 0.221 e. The highest BCUT2D eigenvalue weighted by Gasteiger charge is 2.39. The summed E-state index contributed by atoms with van der Waals surface area (Å²) in [6, 6.07) is 21.8. The number of rotatable bonds is 9. The van der Waals surface area contributed by atoms with E-state index in [0.29, 0.717) is 24.3 Å². The standard InChI is InChI=1S/C30H36N2O6/c1-19-28(17-32(3)16-27(36)23-6-5-9-26(35)15-23)37-30(24-7-4-8-25(14-24)31-20(2)34)38-29(19)22-12-10-21(18-33)11-13-22/h4-15,19,27-30,33,35-36H,16-18H2,1-3H3,(H,31,34)/t19-,27+,28+,29+,30+/m0/s1. The Morgan fingerprint density at radius 1 is 1.03 bits per heavy atom. The van der Waals surface area contributed by atoms with Crippen LogP contribution in [0.15, 0.2) is 72.8 Å². The van der Waals surface area contributed by atoms with Gasteiger partial charge in [0.2, 0.25) is 5.91 Å². The Hall–Kier alpha value is -3.27. The van der Waals surface area contributed by atoms with Crippen molar-refractivity contribution in [1.82, 2.24) is 4.90 Å². The van der Waals surface area contributed by atoms with Gasteiger partial charge in [-0.2, -0.15) is 0 Å². The van der Waals surface area contributed by atoms with Crippen LogP contribution in [0, 0.1) is 5.92 Å². The molecule has 3 aromatic rings. The Kier molecular flexibility index (Phi) is 9.14. The Balaban J connectivity index is 1.56. The molecule has 4 rings (SSSR count). The summed E-state index contributed by atoms with van der Waals surface area (Å²) in [6.07, 6.45) is -1.95. The number of nitrogens with one attached hydrogen (secondary N) is 1. The molecule has 1 aliphatic rings. The Labute approximate surface area is 223 Å². The number of anilines is 1. The van der Waals surface area contributed by atoms with Crippen molar-refractivity contribution in [2.75, 3.05) is 25.5 Å². The van der Waals surface area contributed by atoms with Gasteiger partial charge in [0.1, 0.15) is 5.75 Å². The maximum absolute atomic E-state index is 11.6. The fourth-order valence-corrected chi connectivity index (χ4v) is 4.81. The van der Waals surface area contributed by atoms with Gasteiger partial charge in [0.05, 0.1) is 24.9 Å². The molecular weight excluding hydrogens is 484 g/mol. The Morgan fingerprint density at radius 2 is 1.76 bits per heavy atom. The van der Waals surface area contributed by atoms with Gasteiger partial charge in [-0.3, -0.25) is 4.79 Å². The topological polar surface area (TPSA) is 111 Å². The van der Waals surface area contributed by atoms with E-state index in [-0.39, 0.29) is 36.4 Å². The second-order valence-electron chi connectivity index (χ2n) is 9.96. The van der Waals surface area contributed by atoms with Gasteiger partial charge in [0.15, 0.2) is 6.29 Å². The molecule has 0 aromatic heterocycles. The van der Waals surface area contributed by atoms with Crippen LogP contribution in [0.5, 0.6) is 5.75 Å². The summed E-state index contributed by atoms with van der Waals surface area (Å²) >= 11 is 0. The molecule has 3 aromatic carbocycles. The second kappa shape index (κ2) is 12.5. The van der Waals surface area contributed by atoms with E-state index < -0.39 is 12.4 Å². The lowest BCUT2D eigenvalue weighted by Gasteiger charge is -2.42. The molecule has 0 spiro atoms. The summed E-state index contributed by atoms with van der Waals surface area (Å²) < 4.78 is 13.0. The molecule has 0 aliphatic carbocycles. The minimum atomic E-state index is -0.769. The third-order valence-electron chi connectivity index (χ3n) is 6.83. The first-order valence-corrected chi connectivity index (χ1v) is 12.8. The van der Waals surface area contributed by atoms with E-state index in [1.807, 2.05) is 60.5 Å². The van der Waals surface area contributed by atoms with Gasteiger partial charge in [-0.15, -0.1) is 0 Å². The highest BCUT2D eigenvalue weighted by Crippen LogP contribution is 2.42.